The molecule has 2 aromatic heterocycles. The molecule has 5 N–H and O–H groups in total. The standard InChI is InChI=1S/C31H37N9O8/c1-18(2)27(35-24(41)11-12-25(42)43)30(46)34-21(10-13-26(44)48-17-19-7-4-3-5-8-19)31(47)40-22(15-20-9-6-14-32-28(20)40)29(45)33-16-23-36-38-39-37-23/h3-9,14,18,21-22,27H,10-13,15-17H2,1-2H3,(H,33,45)(H,34,46)(H,35,41)(H,42,43)(H,36,37,38,39). The van der Waals surface area contributed by atoms with Gasteiger partial charge in [0.25, 0.3) is 5.91 Å². The molecule has 3 heterocycles. The summed E-state index contributed by atoms with van der Waals surface area (Å²) >= 11 is 0. The number of nitrogens with one attached hydrogen (secondary N) is 4. The molecule has 17 heteroatoms. The van der Waals surface area contributed by atoms with Crippen molar-refractivity contribution >= 4 is 41.4 Å². The molecule has 0 saturated carbocycles. The van der Waals surface area contributed by atoms with Gasteiger partial charge in [-0.3, -0.25) is 33.7 Å². The molecule has 0 saturated heterocycles. The van der Waals surface area contributed by atoms with Crippen LogP contribution in [0.4, 0.5) is 5.82 Å². The molecule has 1 aromatic carbocycles. The van der Waals surface area contributed by atoms with Gasteiger partial charge in [-0.05, 0) is 29.5 Å². The van der Waals surface area contributed by atoms with Crippen molar-refractivity contribution in [1.82, 2.24) is 41.6 Å². The number of aliphatic carboxylic acids is 1. The number of aromatic amines is 1. The van der Waals surface area contributed by atoms with Crippen molar-refractivity contribution in [3.63, 3.8) is 0 Å². The third kappa shape index (κ3) is 9.63. The number of carbonyl (C=O) groups excluding carboxylic acids is 5. The van der Waals surface area contributed by atoms with Gasteiger partial charge in [-0.15, -0.1) is 10.2 Å². The zero-order chi connectivity index (χ0) is 34.6. The molecule has 0 radical (unpaired) electrons. The Morgan fingerprint density at radius 1 is 1.02 bits per heavy atom. The van der Waals surface area contributed by atoms with Crippen LogP contribution in [0.5, 0.6) is 0 Å². The highest BCUT2D eigenvalue weighted by atomic mass is 16.5. The monoisotopic (exact) mass is 663 g/mol. The third-order valence-corrected chi connectivity index (χ3v) is 7.50. The van der Waals surface area contributed by atoms with Gasteiger partial charge in [0.1, 0.15) is 30.6 Å². The Morgan fingerprint density at radius 2 is 1.79 bits per heavy atom. The summed E-state index contributed by atoms with van der Waals surface area (Å²) in [5, 5.41) is 30.2. The summed E-state index contributed by atoms with van der Waals surface area (Å²) in [6.07, 6.45) is 0.348. The van der Waals surface area contributed by atoms with Gasteiger partial charge in [0, 0.05) is 25.5 Å². The van der Waals surface area contributed by atoms with E-state index in [4.69, 9.17) is 9.84 Å². The van der Waals surface area contributed by atoms with Crippen LogP contribution in [-0.4, -0.2) is 84.4 Å². The number of esters is 1. The average Bonchev–Trinajstić information content (AvgIpc) is 3.74. The first-order chi connectivity index (χ1) is 23.0. The number of H-pyrrole nitrogens is 1. The maximum Gasteiger partial charge on any atom is 0.306 e. The minimum atomic E-state index is -1.35. The fourth-order valence-corrected chi connectivity index (χ4v) is 5.02. The fraction of sp³-hybridized carbons (Fsp3) is 0.419. The number of nitrogens with zero attached hydrogens (tertiary/aromatic N) is 5. The van der Waals surface area contributed by atoms with Crippen molar-refractivity contribution in [2.24, 2.45) is 5.92 Å². The quantitative estimate of drug-likeness (QED) is 0.129. The van der Waals surface area contributed by atoms with Gasteiger partial charge >= 0.3 is 11.9 Å². The van der Waals surface area contributed by atoms with Crippen LogP contribution in [0.1, 0.15) is 56.5 Å². The number of ether oxygens (including phenoxy) is 1. The van der Waals surface area contributed by atoms with Gasteiger partial charge in [0.2, 0.25) is 17.7 Å². The zero-order valence-electron chi connectivity index (χ0n) is 26.4. The smallest absolute Gasteiger partial charge is 0.306 e. The third-order valence-electron chi connectivity index (χ3n) is 7.50. The van der Waals surface area contributed by atoms with Gasteiger partial charge in [-0.1, -0.05) is 55.5 Å². The maximum atomic E-state index is 14.3. The predicted molar refractivity (Wildman–Crippen MR) is 166 cm³/mol. The highest BCUT2D eigenvalue weighted by Crippen LogP contribution is 2.31. The van der Waals surface area contributed by atoms with Crippen molar-refractivity contribution in [2.75, 3.05) is 4.90 Å². The Balaban J connectivity index is 1.55. The number of aromatic nitrogens is 5. The number of tetrazole rings is 1. The number of rotatable bonds is 16. The molecule has 48 heavy (non-hydrogen) atoms. The first-order valence-electron chi connectivity index (χ1n) is 15.3. The minimum absolute atomic E-state index is 0.00842. The second kappa shape index (κ2) is 16.7. The molecule has 0 aliphatic carbocycles. The minimum Gasteiger partial charge on any atom is -0.481 e. The largest absolute Gasteiger partial charge is 0.481 e. The second-order valence-corrected chi connectivity index (χ2v) is 11.4. The number of pyridine rings is 1. The molecule has 17 nitrogen and oxygen atoms in total. The Hall–Kier alpha value is -5.74. The summed E-state index contributed by atoms with van der Waals surface area (Å²) in [5.41, 5.74) is 1.38. The fourth-order valence-electron chi connectivity index (χ4n) is 5.02. The lowest BCUT2D eigenvalue weighted by atomic mass is 10.0. The van der Waals surface area contributed by atoms with Gasteiger partial charge in [0.05, 0.1) is 13.0 Å². The van der Waals surface area contributed by atoms with Crippen molar-refractivity contribution in [3.05, 3.63) is 65.6 Å². The Bertz CT molecular complexity index is 1600. The first kappa shape index (κ1) is 35.1. The molecule has 0 bridgehead atoms. The van der Waals surface area contributed by atoms with E-state index in [0.29, 0.717) is 5.56 Å². The van der Waals surface area contributed by atoms with Gasteiger partial charge in [-0.2, -0.15) is 5.21 Å². The average molecular weight is 664 g/mol. The van der Waals surface area contributed by atoms with E-state index in [-0.39, 0.29) is 50.5 Å². The molecule has 0 fully saturated rings. The van der Waals surface area contributed by atoms with Crippen LogP contribution in [0.2, 0.25) is 0 Å². The number of amides is 4. The highest BCUT2D eigenvalue weighted by molar-refractivity contribution is 6.06. The normalized spacial score (nSPS) is 14.8. The van der Waals surface area contributed by atoms with E-state index in [0.717, 1.165) is 5.56 Å². The summed E-state index contributed by atoms with van der Waals surface area (Å²) in [4.78, 5) is 83.0. The lowest BCUT2D eigenvalue weighted by molar-refractivity contribution is -0.145. The number of hydrogen-bond donors (Lipinski definition) is 5. The Morgan fingerprint density at radius 3 is 2.48 bits per heavy atom. The zero-order valence-corrected chi connectivity index (χ0v) is 26.4. The molecule has 4 rings (SSSR count). The Kier molecular flexibility index (Phi) is 12.2. The molecule has 254 valence electrons. The number of hydrogen-bond acceptors (Lipinski definition) is 11. The topological polar surface area (TPSA) is 239 Å². The van der Waals surface area contributed by atoms with E-state index in [2.05, 4.69) is 41.6 Å². The summed E-state index contributed by atoms with van der Waals surface area (Å²) < 4.78 is 5.38. The molecule has 0 spiro atoms. The van der Waals surface area contributed by atoms with E-state index >= 15 is 0 Å². The van der Waals surface area contributed by atoms with E-state index in [9.17, 15) is 28.8 Å². The van der Waals surface area contributed by atoms with Crippen molar-refractivity contribution in [3.8, 4) is 0 Å². The predicted octanol–water partition coefficient (Wildman–Crippen LogP) is 0.183. The van der Waals surface area contributed by atoms with Gasteiger partial charge in [0.15, 0.2) is 5.82 Å². The second-order valence-electron chi connectivity index (χ2n) is 11.4. The lowest BCUT2D eigenvalue weighted by Gasteiger charge is -2.30. The number of anilines is 1. The van der Waals surface area contributed by atoms with Gasteiger partial charge < -0.3 is 25.8 Å². The van der Waals surface area contributed by atoms with Crippen molar-refractivity contribution in [1.29, 1.82) is 0 Å². The van der Waals surface area contributed by atoms with E-state index in [1.54, 1.807) is 50.2 Å². The van der Waals surface area contributed by atoms with Crippen LogP contribution in [0, 0.1) is 5.92 Å². The molecule has 1 aliphatic heterocycles. The molecule has 4 amide bonds. The van der Waals surface area contributed by atoms with Crippen molar-refractivity contribution < 1.29 is 38.6 Å². The van der Waals surface area contributed by atoms with Crippen LogP contribution in [0.15, 0.2) is 48.7 Å². The molecular formula is C31H37N9O8. The van der Waals surface area contributed by atoms with E-state index in [1.807, 2.05) is 6.07 Å². The van der Waals surface area contributed by atoms with E-state index in [1.165, 1.54) is 11.1 Å². The summed E-state index contributed by atoms with van der Waals surface area (Å²) in [7, 11) is 0. The summed E-state index contributed by atoms with van der Waals surface area (Å²) in [6, 6.07) is 8.86. The maximum absolute atomic E-state index is 14.3. The molecule has 3 aromatic rings. The SMILES string of the molecule is CC(C)C(NC(=O)CCC(=O)O)C(=O)NC(CCC(=O)OCc1ccccc1)C(=O)N1c2ncccc2CC1C(=O)NCc1nn[nH]n1. The molecule has 1 aliphatic rings. The van der Waals surface area contributed by atoms with Crippen LogP contribution in [0.25, 0.3) is 0 Å². The lowest BCUT2D eigenvalue weighted by Crippen LogP contribution is -2.58. The summed E-state index contributed by atoms with van der Waals surface area (Å²) in [5.74, 6) is -4.45. The number of benzene rings is 1. The first-order valence-corrected chi connectivity index (χ1v) is 15.3. The number of carboxylic acids is 1. The summed E-state index contributed by atoms with van der Waals surface area (Å²) in [6.45, 7) is 3.28. The van der Waals surface area contributed by atoms with E-state index < -0.39 is 66.0 Å². The number of carboxylic acid groups (broad SMARTS) is 1. The van der Waals surface area contributed by atoms with Crippen LogP contribution >= 0.6 is 0 Å². The van der Waals surface area contributed by atoms with Crippen molar-refractivity contribution in [2.45, 2.75) is 77.2 Å². The van der Waals surface area contributed by atoms with Crippen LogP contribution < -0.4 is 20.9 Å². The van der Waals surface area contributed by atoms with Crippen LogP contribution in [-0.2, 0) is 53.1 Å². The molecular weight excluding hydrogens is 626 g/mol. The number of fused-ring (bicyclic) bond motifs is 1. The number of carbonyl (C=O) groups is 6. The van der Waals surface area contributed by atoms with Gasteiger partial charge in [-0.25, -0.2) is 4.98 Å². The highest BCUT2D eigenvalue weighted by Gasteiger charge is 2.42. The molecule has 3 atom stereocenters. The molecule has 3 unspecified atom stereocenters. The van der Waals surface area contributed by atoms with Crippen LogP contribution in [0.3, 0.4) is 0 Å². The Labute approximate surface area is 275 Å².